The van der Waals surface area contributed by atoms with Crippen LogP contribution in [-0.2, 0) is 18.6 Å². The first-order valence-electron chi connectivity index (χ1n) is 10.2. The standard InChI is InChI=1S/C21H21F3N6O3/c1-29-7-12(21(22,23)24)5-14(17(29)31)26-18(32)30(2)20-8-19(9-20,10-20)11-4-13-15(25-6-11)27-28-16(13)33-3/h4-7H,8-10H2,1-3H3,(H,26,32)(H,25,27,28). The van der Waals surface area contributed by atoms with Crippen LogP contribution in [0, 0.1) is 0 Å². The van der Waals surface area contributed by atoms with Crippen molar-refractivity contribution in [2.45, 2.75) is 36.4 Å². The van der Waals surface area contributed by atoms with E-state index < -0.39 is 34.6 Å². The molecule has 3 aliphatic rings. The number of carbonyl (C=O) groups excluding carboxylic acids is 1. The van der Waals surface area contributed by atoms with E-state index in [2.05, 4.69) is 20.5 Å². The highest BCUT2D eigenvalue weighted by atomic mass is 19.4. The molecular formula is C21H21F3N6O3. The van der Waals surface area contributed by atoms with Crippen LogP contribution in [0.1, 0.15) is 30.4 Å². The number of hydrogen-bond donors (Lipinski definition) is 2. The number of urea groups is 1. The maximum absolute atomic E-state index is 13.1. The van der Waals surface area contributed by atoms with Gasteiger partial charge in [-0.2, -0.15) is 13.2 Å². The summed E-state index contributed by atoms with van der Waals surface area (Å²) in [6, 6.07) is 2.03. The van der Waals surface area contributed by atoms with Crippen LogP contribution in [0.15, 0.2) is 29.3 Å². The van der Waals surface area contributed by atoms with Crippen LogP contribution in [0.25, 0.3) is 11.0 Å². The summed E-state index contributed by atoms with van der Waals surface area (Å²) in [5.74, 6) is 0.458. The van der Waals surface area contributed by atoms with Gasteiger partial charge in [0.15, 0.2) is 5.65 Å². The monoisotopic (exact) mass is 462 g/mol. The lowest BCUT2D eigenvalue weighted by Crippen LogP contribution is -2.77. The average molecular weight is 462 g/mol. The molecule has 33 heavy (non-hydrogen) atoms. The normalized spacial score (nSPS) is 23.6. The van der Waals surface area contributed by atoms with Gasteiger partial charge in [-0.15, -0.1) is 5.10 Å². The minimum atomic E-state index is -4.64. The number of rotatable bonds is 4. The number of halogens is 3. The number of anilines is 1. The summed E-state index contributed by atoms with van der Waals surface area (Å²) < 4.78 is 45.4. The third-order valence-electron chi connectivity index (χ3n) is 6.96. The molecule has 6 rings (SSSR count). The molecule has 3 aromatic heterocycles. The van der Waals surface area contributed by atoms with Gasteiger partial charge in [0, 0.05) is 37.4 Å². The summed E-state index contributed by atoms with van der Waals surface area (Å²) in [5.41, 5.74) is -1.02. The summed E-state index contributed by atoms with van der Waals surface area (Å²) in [5, 5.41) is 10.0. The summed E-state index contributed by atoms with van der Waals surface area (Å²) >= 11 is 0. The van der Waals surface area contributed by atoms with Crippen molar-refractivity contribution in [3.8, 4) is 5.88 Å². The van der Waals surface area contributed by atoms with E-state index in [1.807, 2.05) is 6.07 Å². The summed E-state index contributed by atoms with van der Waals surface area (Å²) in [4.78, 5) is 31.0. The van der Waals surface area contributed by atoms with Crippen LogP contribution in [0.5, 0.6) is 5.88 Å². The number of nitrogens with one attached hydrogen (secondary N) is 2. The van der Waals surface area contributed by atoms with Crippen molar-refractivity contribution in [2.75, 3.05) is 19.5 Å². The SMILES string of the molecule is COc1n[nH]c2ncc(C34CC(N(C)C(=O)Nc5cc(C(F)(F)F)cn(C)c5=O)(C3)C4)cc12. The number of fused-ring (bicyclic) bond motifs is 1. The van der Waals surface area contributed by atoms with Crippen molar-refractivity contribution >= 4 is 22.8 Å². The first-order valence-corrected chi connectivity index (χ1v) is 10.2. The molecule has 0 radical (unpaired) electrons. The van der Waals surface area contributed by atoms with Crippen molar-refractivity contribution in [3.63, 3.8) is 0 Å². The van der Waals surface area contributed by atoms with Crippen LogP contribution in [0.2, 0.25) is 0 Å². The maximum Gasteiger partial charge on any atom is 0.417 e. The van der Waals surface area contributed by atoms with Gasteiger partial charge in [0.25, 0.3) is 5.56 Å². The van der Waals surface area contributed by atoms with Crippen LogP contribution in [-0.4, -0.2) is 50.4 Å². The van der Waals surface area contributed by atoms with Crippen molar-refractivity contribution in [3.05, 3.63) is 46.0 Å². The lowest BCUT2D eigenvalue weighted by Gasteiger charge is -2.73. The number of amides is 2. The lowest BCUT2D eigenvalue weighted by molar-refractivity contribution is -0.140. The van der Waals surface area contributed by atoms with Gasteiger partial charge in [0.1, 0.15) is 5.69 Å². The Balaban J connectivity index is 1.32. The quantitative estimate of drug-likeness (QED) is 0.620. The zero-order valence-electron chi connectivity index (χ0n) is 18.1. The van der Waals surface area contributed by atoms with Gasteiger partial charge < -0.3 is 19.5 Å². The Morgan fingerprint density at radius 2 is 2.00 bits per heavy atom. The lowest BCUT2D eigenvalue weighted by atomic mass is 9.37. The highest BCUT2D eigenvalue weighted by molar-refractivity contribution is 5.90. The molecule has 0 saturated heterocycles. The van der Waals surface area contributed by atoms with E-state index in [0.29, 0.717) is 43.1 Å². The number of pyridine rings is 2. The maximum atomic E-state index is 13.1. The zero-order chi connectivity index (χ0) is 23.8. The van der Waals surface area contributed by atoms with Crippen LogP contribution >= 0.6 is 0 Å². The molecule has 0 aromatic carbocycles. The second kappa shape index (κ2) is 6.72. The molecule has 0 spiro atoms. The van der Waals surface area contributed by atoms with E-state index >= 15 is 0 Å². The molecular weight excluding hydrogens is 441 g/mol. The fourth-order valence-corrected chi connectivity index (χ4v) is 5.09. The minimum Gasteiger partial charge on any atom is -0.479 e. The molecule has 3 saturated carbocycles. The summed E-state index contributed by atoms with van der Waals surface area (Å²) in [6.07, 6.45) is -0.0700. The van der Waals surface area contributed by atoms with Crippen LogP contribution < -0.4 is 15.6 Å². The number of aryl methyl sites for hydroxylation is 1. The first-order chi connectivity index (χ1) is 15.5. The Hall–Kier alpha value is -3.57. The number of alkyl halides is 3. The molecule has 2 amide bonds. The Morgan fingerprint density at radius 3 is 2.64 bits per heavy atom. The van der Waals surface area contributed by atoms with E-state index in [0.717, 1.165) is 15.5 Å². The Morgan fingerprint density at radius 1 is 1.30 bits per heavy atom. The second-order valence-corrected chi connectivity index (χ2v) is 8.93. The number of H-pyrrole nitrogens is 1. The molecule has 2 bridgehead atoms. The molecule has 9 nitrogen and oxygen atoms in total. The summed E-state index contributed by atoms with van der Waals surface area (Å²) in [6.45, 7) is 0. The smallest absolute Gasteiger partial charge is 0.417 e. The van der Waals surface area contributed by atoms with Crippen LogP contribution in [0.3, 0.4) is 0 Å². The number of methoxy groups -OCH3 is 1. The first kappa shape index (κ1) is 21.3. The minimum absolute atomic E-state index is 0.121. The zero-order valence-corrected chi connectivity index (χ0v) is 18.1. The third kappa shape index (κ3) is 3.07. The van der Waals surface area contributed by atoms with Crippen molar-refractivity contribution in [1.29, 1.82) is 0 Å². The van der Waals surface area contributed by atoms with E-state index in [9.17, 15) is 22.8 Å². The van der Waals surface area contributed by atoms with Gasteiger partial charge in [-0.05, 0) is 37.0 Å². The Kier molecular flexibility index (Phi) is 4.33. The topological polar surface area (TPSA) is 105 Å². The molecule has 2 N–H and O–H groups in total. The number of nitrogens with zero attached hydrogens (tertiary/aromatic N) is 4. The average Bonchev–Trinajstić information content (AvgIpc) is 3.10. The number of aromatic nitrogens is 4. The fraction of sp³-hybridized carbons (Fsp3) is 0.429. The van der Waals surface area contributed by atoms with E-state index in [4.69, 9.17) is 4.74 Å². The van der Waals surface area contributed by atoms with E-state index in [1.165, 1.54) is 19.1 Å². The molecule has 3 aliphatic carbocycles. The molecule has 3 heterocycles. The number of ether oxygens (including phenoxy) is 1. The molecule has 3 fully saturated rings. The van der Waals surface area contributed by atoms with Gasteiger partial charge in [-0.25, -0.2) is 9.78 Å². The van der Waals surface area contributed by atoms with E-state index in [1.54, 1.807) is 13.2 Å². The Bertz CT molecular complexity index is 1330. The fourth-order valence-electron chi connectivity index (χ4n) is 5.09. The second-order valence-electron chi connectivity index (χ2n) is 8.93. The molecule has 3 aromatic rings. The van der Waals surface area contributed by atoms with Gasteiger partial charge >= 0.3 is 12.2 Å². The van der Waals surface area contributed by atoms with Gasteiger partial charge in [0.05, 0.1) is 18.1 Å². The number of aromatic amines is 1. The summed E-state index contributed by atoms with van der Waals surface area (Å²) in [7, 11) is 4.34. The molecule has 0 unspecified atom stereocenters. The van der Waals surface area contributed by atoms with Gasteiger partial charge in [-0.1, -0.05) is 0 Å². The van der Waals surface area contributed by atoms with E-state index in [-0.39, 0.29) is 5.41 Å². The number of hydrogen-bond acceptors (Lipinski definition) is 5. The molecule has 174 valence electrons. The van der Waals surface area contributed by atoms with Crippen molar-refractivity contribution in [2.24, 2.45) is 7.05 Å². The molecule has 0 aliphatic heterocycles. The predicted molar refractivity (Wildman–Crippen MR) is 112 cm³/mol. The highest BCUT2D eigenvalue weighted by Gasteiger charge is 2.71. The van der Waals surface area contributed by atoms with Crippen molar-refractivity contribution in [1.82, 2.24) is 24.6 Å². The van der Waals surface area contributed by atoms with Crippen LogP contribution in [0.4, 0.5) is 23.7 Å². The van der Waals surface area contributed by atoms with Gasteiger partial charge in [-0.3, -0.25) is 9.89 Å². The molecule has 0 atom stereocenters. The number of carbonyl (C=O) groups is 1. The van der Waals surface area contributed by atoms with Crippen molar-refractivity contribution < 1.29 is 22.7 Å². The largest absolute Gasteiger partial charge is 0.479 e. The van der Waals surface area contributed by atoms with Gasteiger partial charge in [0.2, 0.25) is 5.88 Å². The highest BCUT2D eigenvalue weighted by Crippen LogP contribution is 2.70. The predicted octanol–water partition coefficient (Wildman–Crippen LogP) is 3.02. The Labute approximate surface area is 185 Å². The third-order valence-corrected chi connectivity index (χ3v) is 6.96. The molecule has 12 heteroatoms.